The molecule has 15 heteroatoms. The molecule has 2 fully saturated rings. The fourth-order valence-electron chi connectivity index (χ4n) is 6.09. The second kappa shape index (κ2) is 21.0. The molecule has 2 amide bonds. The summed E-state index contributed by atoms with van der Waals surface area (Å²) >= 11 is 6.16. The lowest BCUT2D eigenvalue weighted by Crippen LogP contribution is -2.46. The number of anilines is 1. The quantitative estimate of drug-likeness (QED) is 0.0989. The summed E-state index contributed by atoms with van der Waals surface area (Å²) in [6.45, 7) is 11.3. The van der Waals surface area contributed by atoms with Crippen LogP contribution < -0.4 is 16.2 Å². The van der Waals surface area contributed by atoms with Gasteiger partial charge in [-0.2, -0.15) is 5.10 Å². The molecular weight excluding hydrogens is 727 g/mol. The van der Waals surface area contributed by atoms with Gasteiger partial charge in [-0.05, 0) is 60.5 Å². The van der Waals surface area contributed by atoms with Crippen molar-refractivity contribution in [1.82, 2.24) is 24.5 Å². The molecule has 294 valence electrons. The van der Waals surface area contributed by atoms with Crippen molar-refractivity contribution in [3.8, 4) is 22.6 Å². The first kappa shape index (κ1) is 42.4. The van der Waals surface area contributed by atoms with E-state index in [0.717, 1.165) is 61.8 Å². The van der Waals surface area contributed by atoms with Crippen LogP contribution in [0.2, 0.25) is 5.02 Å². The number of piperazine rings is 1. The third-order valence-corrected chi connectivity index (χ3v) is 9.30. The van der Waals surface area contributed by atoms with Gasteiger partial charge in [0.05, 0.1) is 35.6 Å². The van der Waals surface area contributed by atoms with Crippen LogP contribution in [0.5, 0.6) is 5.75 Å². The fourth-order valence-corrected chi connectivity index (χ4v) is 6.35. The van der Waals surface area contributed by atoms with Crippen LogP contribution in [0.3, 0.4) is 0 Å². The molecule has 2 aliphatic rings. The Bertz CT molecular complexity index is 1910. The Morgan fingerprint density at radius 1 is 1.09 bits per heavy atom. The van der Waals surface area contributed by atoms with Crippen LogP contribution in [-0.4, -0.2) is 119 Å². The molecule has 0 aliphatic carbocycles. The normalized spacial score (nSPS) is 16.9. The van der Waals surface area contributed by atoms with Crippen LogP contribution in [0, 0.1) is 5.82 Å². The van der Waals surface area contributed by atoms with Gasteiger partial charge in [-0.15, -0.1) is 0 Å². The molecule has 0 saturated carbocycles. The van der Waals surface area contributed by atoms with Gasteiger partial charge in [-0.3, -0.25) is 19.5 Å². The van der Waals surface area contributed by atoms with Crippen molar-refractivity contribution in [2.45, 2.75) is 45.8 Å². The average Bonchev–Trinajstić information content (AvgIpc) is 3.86. The number of carboxylic acids is 1. The Morgan fingerprint density at radius 2 is 1.82 bits per heavy atom. The lowest BCUT2D eigenvalue weighted by atomic mass is 9.98. The van der Waals surface area contributed by atoms with Gasteiger partial charge in [-0.1, -0.05) is 56.6 Å². The lowest BCUT2D eigenvalue weighted by Gasteiger charge is -2.31. The van der Waals surface area contributed by atoms with E-state index in [1.54, 1.807) is 17.2 Å². The number of ether oxygens (including phenoxy) is 1. The van der Waals surface area contributed by atoms with Crippen LogP contribution in [-0.2, 0) is 9.59 Å². The number of nitrogen functional groups attached to an aromatic ring is 1. The molecule has 55 heavy (non-hydrogen) atoms. The summed E-state index contributed by atoms with van der Waals surface area (Å²) in [5.74, 6) is -1.66. The van der Waals surface area contributed by atoms with E-state index in [4.69, 9.17) is 27.8 Å². The summed E-state index contributed by atoms with van der Waals surface area (Å²) in [5.41, 5.74) is 15.0. The lowest BCUT2D eigenvalue weighted by molar-refractivity contribution is -0.141. The molecule has 6 rings (SSSR count). The Kier molecular flexibility index (Phi) is 16.2. The Hall–Kier alpha value is -5.31. The minimum absolute atomic E-state index is 0.0445. The second-order valence-corrected chi connectivity index (χ2v) is 13.1. The number of halogens is 2. The standard InChI is InChI=1S/C35H35ClFN7O5.C3H9N.C2H6/c36-30-16-25(37)7-8-32(30)44-20-24(18-40-44)34(46)43-21-27(17-33(43)35(47)48)49-26-4-1-3-23(15-26)28-5-2-6-31(38)29(28)19-39-9-10-41-11-13-42(22-45)14-12-41;1-2-3-4;1-2/h1-8,15-16,18-20,22,27,33H,9-14,17,21,38H2,(H,47,48);2-4H2,1H3;1-2H3. The van der Waals surface area contributed by atoms with Gasteiger partial charge in [0.15, 0.2) is 0 Å². The summed E-state index contributed by atoms with van der Waals surface area (Å²) in [5, 5.41) is 14.3. The number of carboxylic acid groups (broad SMARTS) is 1. The predicted octanol–water partition coefficient (Wildman–Crippen LogP) is 5.23. The average molecular weight is 777 g/mol. The van der Waals surface area contributed by atoms with Crippen LogP contribution in [0.25, 0.3) is 16.8 Å². The number of hydrogen-bond donors (Lipinski definition) is 3. The predicted molar refractivity (Wildman–Crippen MR) is 214 cm³/mol. The number of rotatable bonds is 12. The number of nitrogens with zero attached hydrogens (tertiary/aromatic N) is 6. The van der Waals surface area contributed by atoms with Crippen LogP contribution in [0.1, 0.15) is 49.5 Å². The Balaban J connectivity index is 0.00000105. The largest absolute Gasteiger partial charge is 0.488 e. The van der Waals surface area contributed by atoms with E-state index in [2.05, 4.69) is 21.9 Å². The maximum Gasteiger partial charge on any atom is 0.326 e. The topological polar surface area (TPSA) is 173 Å². The van der Waals surface area contributed by atoms with Crippen molar-refractivity contribution in [3.63, 3.8) is 0 Å². The molecule has 3 aromatic carbocycles. The highest BCUT2D eigenvalue weighted by atomic mass is 35.5. The van der Waals surface area contributed by atoms with Gasteiger partial charge in [0.1, 0.15) is 23.7 Å². The summed E-state index contributed by atoms with van der Waals surface area (Å²) in [4.78, 5) is 46.6. The van der Waals surface area contributed by atoms with Crippen molar-refractivity contribution >= 4 is 41.8 Å². The van der Waals surface area contributed by atoms with Gasteiger partial charge in [0, 0.05) is 62.8 Å². The maximum atomic E-state index is 13.5. The van der Waals surface area contributed by atoms with E-state index >= 15 is 0 Å². The molecule has 1 aromatic heterocycles. The van der Waals surface area contributed by atoms with Gasteiger partial charge < -0.3 is 31.1 Å². The number of nitrogens with two attached hydrogens (primary N) is 2. The van der Waals surface area contributed by atoms with E-state index in [0.29, 0.717) is 36.8 Å². The molecule has 0 spiro atoms. The zero-order valence-corrected chi connectivity index (χ0v) is 32.2. The Morgan fingerprint density at radius 3 is 2.49 bits per heavy atom. The molecule has 0 bridgehead atoms. The molecule has 2 unspecified atom stereocenters. The van der Waals surface area contributed by atoms with E-state index in [9.17, 15) is 23.9 Å². The molecule has 5 N–H and O–H groups in total. The van der Waals surface area contributed by atoms with E-state index in [1.165, 1.54) is 34.1 Å². The molecule has 3 heterocycles. The molecule has 2 aliphatic heterocycles. The number of carbonyl (C=O) groups is 3. The van der Waals surface area contributed by atoms with Gasteiger partial charge >= 0.3 is 5.97 Å². The first-order valence-electron chi connectivity index (χ1n) is 18.4. The third-order valence-electron chi connectivity index (χ3n) is 8.99. The molecule has 4 aromatic rings. The first-order valence-corrected chi connectivity index (χ1v) is 18.8. The summed E-state index contributed by atoms with van der Waals surface area (Å²) in [7, 11) is 0. The molecule has 2 atom stereocenters. The van der Waals surface area contributed by atoms with E-state index < -0.39 is 29.8 Å². The number of carbonyl (C=O) groups excluding carboxylic acids is 2. The van der Waals surface area contributed by atoms with Gasteiger partial charge in [0.2, 0.25) is 6.41 Å². The second-order valence-electron chi connectivity index (χ2n) is 12.7. The number of hydrogen-bond acceptors (Lipinski definition) is 9. The highest BCUT2D eigenvalue weighted by molar-refractivity contribution is 6.32. The highest BCUT2D eigenvalue weighted by Crippen LogP contribution is 2.32. The molecule has 2 saturated heterocycles. The van der Waals surface area contributed by atoms with Crippen molar-refractivity contribution in [3.05, 3.63) is 95.0 Å². The molecule has 0 radical (unpaired) electrons. The number of aliphatic imine (C=N–C) groups is 1. The number of aliphatic carboxylic acids is 1. The summed E-state index contributed by atoms with van der Waals surface area (Å²) in [6, 6.07) is 15.7. The number of aromatic nitrogens is 2. The smallest absolute Gasteiger partial charge is 0.326 e. The van der Waals surface area contributed by atoms with Gasteiger partial charge in [-0.25, -0.2) is 13.9 Å². The minimum Gasteiger partial charge on any atom is -0.488 e. The monoisotopic (exact) mass is 776 g/mol. The maximum absolute atomic E-state index is 13.5. The first-order chi connectivity index (χ1) is 26.6. The number of likely N-dealkylation sites (tertiary alicyclic amines) is 1. The van der Waals surface area contributed by atoms with Crippen LogP contribution in [0.15, 0.2) is 78.0 Å². The Labute approximate surface area is 326 Å². The van der Waals surface area contributed by atoms with Crippen molar-refractivity contribution in [2.75, 3.05) is 58.1 Å². The summed E-state index contributed by atoms with van der Waals surface area (Å²) < 4.78 is 21.1. The third kappa shape index (κ3) is 11.4. The van der Waals surface area contributed by atoms with Crippen LogP contribution >= 0.6 is 11.6 Å². The minimum atomic E-state index is -1.14. The molecule has 13 nitrogen and oxygen atoms in total. The zero-order chi connectivity index (χ0) is 39.9. The van der Waals surface area contributed by atoms with Gasteiger partial charge in [0.25, 0.3) is 5.91 Å². The van der Waals surface area contributed by atoms with Crippen molar-refractivity contribution in [2.24, 2.45) is 10.7 Å². The fraction of sp³-hybridized carbons (Fsp3) is 0.375. The number of benzene rings is 3. The summed E-state index contributed by atoms with van der Waals surface area (Å²) in [6.07, 6.45) is 6.02. The van der Waals surface area contributed by atoms with Crippen LogP contribution in [0.4, 0.5) is 10.1 Å². The highest BCUT2D eigenvalue weighted by Gasteiger charge is 2.41. The van der Waals surface area contributed by atoms with Crippen molar-refractivity contribution in [1.29, 1.82) is 0 Å². The zero-order valence-electron chi connectivity index (χ0n) is 31.5. The SMILES string of the molecule is CC.CCCN.Nc1cccc(-c2cccc(OC3CC(C(=O)O)N(C(=O)c4cnn(-c5ccc(F)cc5Cl)c4)C3)c2)c1C=NCCN1CCN(C=O)CC1. The van der Waals surface area contributed by atoms with Crippen molar-refractivity contribution < 1.29 is 28.6 Å². The molecular formula is C40H50ClFN8O5. The van der Waals surface area contributed by atoms with E-state index in [-0.39, 0.29) is 23.6 Å². The number of amides is 2. The van der Waals surface area contributed by atoms with E-state index in [1.807, 2.05) is 50.2 Å².